The van der Waals surface area contributed by atoms with E-state index in [9.17, 15) is 13.2 Å². The van der Waals surface area contributed by atoms with Crippen LogP contribution in [-0.2, 0) is 14.8 Å². The van der Waals surface area contributed by atoms with Crippen LogP contribution in [0.5, 0.6) is 11.5 Å². The lowest BCUT2D eigenvalue weighted by Gasteiger charge is -2.24. The van der Waals surface area contributed by atoms with Crippen LogP contribution < -0.4 is 19.2 Å². The van der Waals surface area contributed by atoms with Gasteiger partial charge in [-0.15, -0.1) is 0 Å². The minimum atomic E-state index is -4.02. The van der Waals surface area contributed by atoms with Crippen LogP contribution in [0, 0.1) is 20.8 Å². The van der Waals surface area contributed by atoms with Crippen molar-refractivity contribution in [2.75, 3.05) is 25.1 Å². The number of hydrogen-bond acceptors (Lipinski definition) is 6. The molecule has 0 aliphatic carbocycles. The molecule has 0 saturated heterocycles. The van der Waals surface area contributed by atoms with Crippen LogP contribution in [0.1, 0.15) is 35.6 Å². The highest BCUT2D eigenvalue weighted by molar-refractivity contribution is 7.92. The van der Waals surface area contributed by atoms with Gasteiger partial charge in [0, 0.05) is 5.56 Å². The Kier molecular flexibility index (Phi) is 8.94. The summed E-state index contributed by atoms with van der Waals surface area (Å²) < 4.78 is 39.0. The number of benzene rings is 3. The predicted molar refractivity (Wildman–Crippen MR) is 146 cm³/mol. The monoisotopic (exact) mass is 523 g/mol. The molecule has 8 nitrogen and oxygen atoms in total. The summed E-state index contributed by atoms with van der Waals surface area (Å²) in [6.07, 6.45) is 0.526. The number of sulfonamides is 1. The van der Waals surface area contributed by atoms with Gasteiger partial charge >= 0.3 is 0 Å². The molecule has 3 aromatic carbocycles. The van der Waals surface area contributed by atoms with E-state index in [1.165, 1.54) is 0 Å². The largest absolute Gasteiger partial charge is 0.493 e. The molecule has 3 rings (SSSR count). The van der Waals surface area contributed by atoms with E-state index in [2.05, 4.69) is 10.5 Å². The van der Waals surface area contributed by atoms with Gasteiger partial charge in [0.15, 0.2) is 11.5 Å². The SMILES string of the molecule is CC/C(=N/NC(=O)CN(c1cc(C)cc(C)c1)S(=O)(=O)c1ccc(C)cc1)c1ccc(OC)c(OC)c1. The van der Waals surface area contributed by atoms with Gasteiger partial charge in [-0.1, -0.05) is 30.7 Å². The molecule has 37 heavy (non-hydrogen) atoms. The average Bonchev–Trinajstić information content (AvgIpc) is 2.87. The lowest BCUT2D eigenvalue weighted by molar-refractivity contribution is -0.119. The molecule has 0 aromatic heterocycles. The number of nitrogens with one attached hydrogen (secondary N) is 1. The maximum atomic E-state index is 13.6. The van der Waals surface area contributed by atoms with Crippen LogP contribution in [0.4, 0.5) is 5.69 Å². The highest BCUT2D eigenvalue weighted by Gasteiger charge is 2.27. The molecule has 0 atom stereocenters. The second-order valence-electron chi connectivity index (χ2n) is 8.69. The van der Waals surface area contributed by atoms with E-state index >= 15 is 0 Å². The molecule has 0 saturated carbocycles. The first-order chi connectivity index (χ1) is 17.6. The highest BCUT2D eigenvalue weighted by Crippen LogP contribution is 2.28. The fraction of sp³-hybridized carbons (Fsp3) is 0.286. The zero-order chi connectivity index (χ0) is 27.2. The van der Waals surface area contributed by atoms with Gasteiger partial charge in [0.1, 0.15) is 6.54 Å². The van der Waals surface area contributed by atoms with Gasteiger partial charge in [-0.2, -0.15) is 5.10 Å². The molecule has 1 N–H and O–H groups in total. The van der Waals surface area contributed by atoms with Crippen molar-refractivity contribution in [3.05, 3.63) is 82.9 Å². The van der Waals surface area contributed by atoms with Gasteiger partial charge < -0.3 is 9.47 Å². The highest BCUT2D eigenvalue weighted by atomic mass is 32.2. The lowest BCUT2D eigenvalue weighted by atomic mass is 10.1. The van der Waals surface area contributed by atoms with E-state index in [1.807, 2.05) is 39.8 Å². The average molecular weight is 524 g/mol. The fourth-order valence-corrected chi connectivity index (χ4v) is 5.31. The molecule has 0 aliphatic heterocycles. The van der Waals surface area contributed by atoms with Crippen LogP contribution >= 0.6 is 0 Å². The number of anilines is 1. The number of methoxy groups -OCH3 is 2. The van der Waals surface area contributed by atoms with E-state index in [-0.39, 0.29) is 4.90 Å². The molecule has 0 spiro atoms. The summed E-state index contributed by atoms with van der Waals surface area (Å²) in [7, 11) is -0.921. The topological polar surface area (TPSA) is 97.3 Å². The molecule has 0 unspecified atom stereocenters. The predicted octanol–water partition coefficient (Wildman–Crippen LogP) is 4.75. The number of carbonyl (C=O) groups is 1. The van der Waals surface area contributed by atoms with Crippen molar-refractivity contribution in [2.24, 2.45) is 5.10 Å². The number of hydrazone groups is 1. The van der Waals surface area contributed by atoms with Crippen LogP contribution in [0.3, 0.4) is 0 Å². The van der Waals surface area contributed by atoms with E-state index in [1.54, 1.807) is 62.8 Å². The summed E-state index contributed by atoms with van der Waals surface area (Å²) in [6, 6.07) is 17.3. The molecular weight excluding hydrogens is 490 g/mol. The Balaban J connectivity index is 1.92. The third-order valence-electron chi connectivity index (χ3n) is 5.76. The molecule has 196 valence electrons. The van der Waals surface area contributed by atoms with Crippen molar-refractivity contribution in [1.82, 2.24) is 5.43 Å². The number of aryl methyl sites for hydroxylation is 3. The Labute approximate surface area is 219 Å². The van der Waals surface area contributed by atoms with Gasteiger partial charge in [0.25, 0.3) is 15.9 Å². The van der Waals surface area contributed by atoms with E-state index < -0.39 is 22.5 Å². The Morgan fingerprint density at radius 2 is 1.49 bits per heavy atom. The zero-order valence-electron chi connectivity index (χ0n) is 22.0. The molecule has 0 heterocycles. The molecule has 0 aliphatic rings. The number of rotatable bonds is 10. The number of carbonyl (C=O) groups excluding carboxylic acids is 1. The van der Waals surface area contributed by atoms with Gasteiger partial charge in [0.2, 0.25) is 0 Å². The molecule has 0 fully saturated rings. The van der Waals surface area contributed by atoms with Crippen LogP contribution in [0.15, 0.2) is 70.7 Å². The van der Waals surface area contributed by atoms with Crippen molar-refractivity contribution in [3.8, 4) is 11.5 Å². The normalized spacial score (nSPS) is 11.7. The minimum absolute atomic E-state index is 0.105. The number of hydrogen-bond donors (Lipinski definition) is 1. The molecule has 9 heteroatoms. The van der Waals surface area contributed by atoms with Gasteiger partial charge in [-0.25, -0.2) is 13.8 Å². The Morgan fingerprint density at radius 1 is 0.865 bits per heavy atom. The summed E-state index contributed by atoms with van der Waals surface area (Å²) in [6.45, 7) is 7.12. The van der Waals surface area contributed by atoms with Crippen LogP contribution in [-0.4, -0.2) is 40.8 Å². The zero-order valence-corrected chi connectivity index (χ0v) is 22.8. The summed E-state index contributed by atoms with van der Waals surface area (Å²) in [4.78, 5) is 13.1. The van der Waals surface area contributed by atoms with E-state index in [0.29, 0.717) is 29.3 Å². The minimum Gasteiger partial charge on any atom is -0.493 e. The Hall–Kier alpha value is -3.85. The second-order valence-corrected chi connectivity index (χ2v) is 10.5. The Bertz CT molecular complexity index is 1380. The van der Waals surface area contributed by atoms with E-state index in [0.717, 1.165) is 26.6 Å². The molecule has 1 amide bonds. The lowest BCUT2D eigenvalue weighted by Crippen LogP contribution is -2.40. The summed E-state index contributed by atoms with van der Waals surface area (Å²) >= 11 is 0. The standard InChI is InChI=1S/C28H33N3O5S/c1-7-25(22-10-13-26(35-5)27(17-22)36-6)29-30-28(32)18-31(23-15-20(3)14-21(4)16-23)37(33,34)24-11-8-19(2)9-12-24/h8-17H,7,18H2,1-6H3,(H,30,32)/b29-25-. The van der Waals surface area contributed by atoms with Crippen molar-refractivity contribution in [3.63, 3.8) is 0 Å². The van der Waals surface area contributed by atoms with Gasteiger partial charge in [0.05, 0.1) is 30.5 Å². The third kappa shape index (κ3) is 6.68. The first-order valence-corrected chi connectivity index (χ1v) is 13.3. The summed E-state index contributed by atoms with van der Waals surface area (Å²) in [5, 5.41) is 4.29. The first kappa shape index (κ1) is 27.7. The summed E-state index contributed by atoms with van der Waals surface area (Å²) in [5.74, 6) is 0.551. The van der Waals surface area contributed by atoms with Crippen molar-refractivity contribution in [1.29, 1.82) is 0 Å². The fourth-order valence-electron chi connectivity index (χ4n) is 3.91. The molecular formula is C28H33N3O5S. The first-order valence-electron chi connectivity index (χ1n) is 11.8. The number of ether oxygens (including phenoxy) is 2. The smallest absolute Gasteiger partial charge is 0.264 e. The molecule has 0 bridgehead atoms. The second kappa shape index (κ2) is 11.9. The van der Waals surface area contributed by atoms with Crippen molar-refractivity contribution < 1.29 is 22.7 Å². The Morgan fingerprint density at radius 3 is 2.05 bits per heavy atom. The van der Waals surface area contributed by atoms with Crippen LogP contribution in [0.2, 0.25) is 0 Å². The summed E-state index contributed by atoms with van der Waals surface area (Å²) in [5.41, 5.74) is 7.01. The maximum absolute atomic E-state index is 13.6. The van der Waals surface area contributed by atoms with E-state index in [4.69, 9.17) is 9.47 Å². The van der Waals surface area contributed by atoms with Crippen LogP contribution in [0.25, 0.3) is 0 Å². The quantitative estimate of drug-likeness (QED) is 0.305. The van der Waals surface area contributed by atoms with Gasteiger partial charge in [-0.3, -0.25) is 9.10 Å². The maximum Gasteiger partial charge on any atom is 0.264 e. The molecule has 3 aromatic rings. The third-order valence-corrected chi connectivity index (χ3v) is 7.55. The molecule has 0 radical (unpaired) electrons. The number of nitrogens with zero attached hydrogens (tertiary/aromatic N) is 2. The van der Waals surface area contributed by atoms with Crippen molar-refractivity contribution >= 4 is 27.3 Å². The van der Waals surface area contributed by atoms with Crippen molar-refractivity contribution in [2.45, 2.75) is 39.0 Å². The number of amides is 1. The van der Waals surface area contributed by atoms with Gasteiger partial charge in [-0.05, 0) is 80.8 Å².